The summed E-state index contributed by atoms with van der Waals surface area (Å²) in [5.41, 5.74) is 1.76. The summed E-state index contributed by atoms with van der Waals surface area (Å²) < 4.78 is 27.3. The third kappa shape index (κ3) is 5.83. The van der Waals surface area contributed by atoms with E-state index in [9.17, 15) is 13.2 Å². The van der Waals surface area contributed by atoms with Gasteiger partial charge in [0.05, 0.1) is 4.90 Å². The van der Waals surface area contributed by atoms with E-state index in [1.807, 2.05) is 24.3 Å². The van der Waals surface area contributed by atoms with Crippen LogP contribution in [0, 0.1) is 6.92 Å². The predicted molar refractivity (Wildman–Crippen MR) is 104 cm³/mol. The molecule has 1 amide bonds. The van der Waals surface area contributed by atoms with Gasteiger partial charge in [-0.3, -0.25) is 4.79 Å². The molecule has 0 aliphatic heterocycles. The number of nitrogens with one attached hydrogen (secondary N) is 1. The van der Waals surface area contributed by atoms with Gasteiger partial charge in [0.1, 0.15) is 0 Å². The molecule has 2 rings (SSSR count). The maximum atomic E-state index is 12.4. The molecule has 0 unspecified atom stereocenters. The van der Waals surface area contributed by atoms with Crippen LogP contribution in [-0.2, 0) is 21.2 Å². The van der Waals surface area contributed by atoms with Crippen LogP contribution in [-0.4, -0.2) is 38.9 Å². The van der Waals surface area contributed by atoms with Gasteiger partial charge in [0.2, 0.25) is 15.9 Å². The number of aryl methyl sites for hydroxylation is 1. The first-order chi connectivity index (χ1) is 12.3. The highest BCUT2D eigenvalue weighted by Gasteiger charge is 2.17. The molecule has 0 aromatic heterocycles. The van der Waals surface area contributed by atoms with E-state index in [4.69, 9.17) is 11.6 Å². The van der Waals surface area contributed by atoms with Crippen molar-refractivity contribution in [3.8, 4) is 0 Å². The summed E-state index contributed by atoms with van der Waals surface area (Å²) in [6, 6.07) is 14.3. The number of nitrogens with zero attached hydrogens (tertiary/aromatic N) is 1. The highest BCUT2D eigenvalue weighted by Crippen LogP contribution is 2.13. The second kappa shape index (κ2) is 9.16. The number of hydrogen-bond acceptors (Lipinski definition) is 3. The minimum Gasteiger partial charge on any atom is -0.341 e. The predicted octanol–water partition coefficient (Wildman–Crippen LogP) is 3.02. The number of rotatable bonds is 8. The van der Waals surface area contributed by atoms with Crippen LogP contribution in [0.2, 0.25) is 5.02 Å². The lowest BCUT2D eigenvalue weighted by Crippen LogP contribution is -2.38. The molecule has 0 aliphatic carbocycles. The Kier molecular flexibility index (Phi) is 7.20. The number of halogens is 1. The molecule has 7 heteroatoms. The van der Waals surface area contributed by atoms with Crippen molar-refractivity contribution >= 4 is 27.5 Å². The van der Waals surface area contributed by atoms with Gasteiger partial charge in [-0.05, 0) is 42.7 Å². The van der Waals surface area contributed by atoms with Gasteiger partial charge in [-0.2, -0.15) is 0 Å². The van der Waals surface area contributed by atoms with Crippen molar-refractivity contribution in [2.24, 2.45) is 0 Å². The Bertz CT molecular complexity index is 851. The summed E-state index contributed by atoms with van der Waals surface area (Å²) in [5, 5.41) is 0.669. The van der Waals surface area contributed by atoms with E-state index < -0.39 is 10.0 Å². The molecule has 0 radical (unpaired) electrons. The average molecular weight is 395 g/mol. The number of benzene rings is 2. The van der Waals surface area contributed by atoms with Gasteiger partial charge in [-0.15, -0.1) is 0 Å². The molecule has 0 aliphatic rings. The smallest absolute Gasteiger partial charge is 0.240 e. The van der Waals surface area contributed by atoms with Crippen LogP contribution in [0.5, 0.6) is 0 Å². The topological polar surface area (TPSA) is 66.5 Å². The highest BCUT2D eigenvalue weighted by atomic mass is 35.5. The second-order valence-electron chi connectivity index (χ2n) is 6.05. The molecule has 0 spiro atoms. The zero-order valence-electron chi connectivity index (χ0n) is 14.9. The van der Waals surface area contributed by atoms with E-state index in [0.717, 1.165) is 5.56 Å². The fourth-order valence-electron chi connectivity index (χ4n) is 2.59. The monoisotopic (exact) mass is 394 g/mol. The SMILES string of the molecule is CC(=O)N(CCNS(=O)(=O)c1ccccc1C)CCc1ccc(Cl)cc1. The number of carbonyl (C=O) groups excluding carboxylic acids is 1. The fraction of sp³-hybridized carbons (Fsp3) is 0.316. The maximum absolute atomic E-state index is 12.4. The van der Waals surface area contributed by atoms with Gasteiger partial charge in [0.25, 0.3) is 0 Å². The lowest BCUT2D eigenvalue weighted by molar-refractivity contribution is -0.128. The Morgan fingerprint density at radius 2 is 1.73 bits per heavy atom. The summed E-state index contributed by atoms with van der Waals surface area (Å²) in [5.74, 6) is -0.0888. The van der Waals surface area contributed by atoms with Crippen molar-refractivity contribution in [1.82, 2.24) is 9.62 Å². The molecule has 0 saturated heterocycles. The summed E-state index contributed by atoms with van der Waals surface area (Å²) in [4.78, 5) is 13.7. The molecule has 140 valence electrons. The third-order valence-corrected chi connectivity index (χ3v) is 5.96. The van der Waals surface area contributed by atoms with E-state index in [0.29, 0.717) is 30.1 Å². The van der Waals surface area contributed by atoms with E-state index in [1.54, 1.807) is 36.1 Å². The maximum Gasteiger partial charge on any atom is 0.240 e. The van der Waals surface area contributed by atoms with Crippen molar-refractivity contribution in [2.75, 3.05) is 19.6 Å². The van der Waals surface area contributed by atoms with Crippen LogP contribution in [0.25, 0.3) is 0 Å². The summed E-state index contributed by atoms with van der Waals surface area (Å²) in [6.45, 7) is 4.23. The third-order valence-electron chi connectivity index (χ3n) is 4.09. The largest absolute Gasteiger partial charge is 0.341 e. The van der Waals surface area contributed by atoms with Crippen LogP contribution < -0.4 is 4.72 Å². The molecule has 1 N–H and O–H groups in total. The second-order valence-corrected chi connectivity index (χ2v) is 8.22. The lowest BCUT2D eigenvalue weighted by atomic mass is 10.1. The minimum atomic E-state index is -3.59. The Balaban J connectivity index is 1.91. The van der Waals surface area contributed by atoms with Gasteiger partial charge in [-0.25, -0.2) is 13.1 Å². The Morgan fingerprint density at radius 3 is 2.35 bits per heavy atom. The first-order valence-corrected chi connectivity index (χ1v) is 10.2. The first-order valence-electron chi connectivity index (χ1n) is 8.35. The quantitative estimate of drug-likeness (QED) is 0.748. The number of hydrogen-bond donors (Lipinski definition) is 1. The average Bonchev–Trinajstić information content (AvgIpc) is 2.59. The summed E-state index contributed by atoms with van der Waals surface area (Å²) >= 11 is 5.87. The first kappa shape index (κ1) is 20.4. The minimum absolute atomic E-state index is 0.0888. The number of amides is 1. The Hall–Kier alpha value is -1.89. The Morgan fingerprint density at radius 1 is 1.08 bits per heavy atom. The highest BCUT2D eigenvalue weighted by molar-refractivity contribution is 7.89. The van der Waals surface area contributed by atoms with Crippen LogP contribution in [0.15, 0.2) is 53.4 Å². The van der Waals surface area contributed by atoms with Gasteiger partial charge in [0, 0.05) is 31.6 Å². The van der Waals surface area contributed by atoms with Gasteiger partial charge >= 0.3 is 0 Å². The van der Waals surface area contributed by atoms with Crippen molar-refractivity contribution < 1.29 is 13.2 Å². The fourth-order valence-corrected chi connectivity index (χ4v) is 3.98. The van der Waals surface area contributed by atoms with E-state index >= 15 is 0 Å². The van der Waals surface area contributed by atoms with Crippen LogP contribution in [0.3, 0.4) is 0 Å². The molecule has 2 aromatic carbocycles. The van der Waals surface area contributed by atoms with Crippen molar-refractivity contribution in [2.45, 2.75) is 25.2 Å². The van der Waals surface area contributed by atoms with Crippen LogP contribution in [0.4, 0.5) is 0 Å². The molecule has 0 fully saturated rings. The van der Waals surface area contributed by atoms with Crippen molar-refractivity contribution in [3.05, 3.63) is 64.7 Å². The van der Waals surface area contributed by atoms with Gasteiger partial charge in [-0.1, -0.05) is 41.9 Å². The molecule has 0 bridgehead atoms. The molecule has 0 heterocycles. The summed E-state index contributed by atoms with van der Waals surface area (Å²) in [6.07, 6.45) is 0.682. The molecule has 5 nitrogen and oxygen atoms in total. The van der Waals surface area contributed by atoms with Crippen molar-refractivity contribution in [3.63, 3.8) is 0 Å². The molecular weight excluding hydrogens is 372 g/mol. The van der Waals surface area contributed by atoms with Crippen LogP contribution in [0.1, 0.15) is 18.1 Å². The molecule has 0 atom stereocenters. The summed E-state index contributed by atoms with van der Waals surface area (Å²) in [7, 11) is -3.59. The van der Waals surface area contributed by atoms with Crippen LogP contribution >= 0.6 is 11.6 Å². The number of carbonyl (C=O) groups is 1. The van der Waals surface area contributed by atoms with E-state index in [2.05, 4.69) is 4.72 Å². The van der Waals surface area contributed by atoms with Crippen molar-refractivity contribution in [1.29, 1.82) is 0 Å². The zero-order valence-corrected chi connectivity index (χ0v) is 16.5. The van der Waals surface area contributed by atoms with Gasteiger partial charge in [0.15, 0.2) is 0 Å². The number of sulfonamides is 1. The van der Waals surface area contributed by atoms with Gasteiger partial charge < -0.3 is 4.90 Å². The Labute approximate surface area is 160 Å². The zero-order chi connectivity index (χ0) is 19.2. The standard InChI is InChI=1S/C19H23ClN2O3S/c1-15-5-3-4-6-19(15)26(24,25)21-12-14-22(16(2)23)13-11-17-7-9-18(20)10-8-17/h3-10,21H,11-14H2,1-2H3. The molecule has 26 heavy (non-hydrogen) atoms. The molecule has 2 aromatic rings. The molecule has 0 saturated carbocycles. The van der Waals surface area contributed by atoms with E-state index in [1.165, 1.54) is 6.92 Å². The molecular formula is C19H23ClN2O3S. The van der Waals surface area contributed by atoms with E-state index in [-0.39, 0.29) is 17.3 Å². The lowest BCUT2D eigenvalue weighted by Gasteiger charge is -2.21. The normalized spacial score (nSPS) is 11.3.